The summed E-state index contributed by atoms with van der Waals surface area (Å²) in [4.78, 5) is 10.6. The van der Waals surface area contributed by atoms with E-state index in [1.165, 1.54) is 15.0 Å². The Labute approximate surface area is 120 Å². The molecule has 3 heteroatoms. The monoisotopic (exact) mass is 276 g/mol. The molecule has 0 saturated heterocycles. The lowest BCUT2D eigenvalue weighted by molar-refractivity contribution is 1.36. The van der Waals surface area contributed by atoms with Gasteiger partial charge in [-0.3, -0.25) is 4.98 Å². The summed E-state index contributed by atoms with van der Waals surface area (Å²) in [5, 5.41) is 1.20. The van der Waals surface area contributed by atoms with E-state index in [0.29, 0.717) is 0 Å². The molecule has 0 saturated carbocycles. The van der Waals surface area contributed by atoms with Crippen LogP contribution < -0.4 is 0 Å². The van der Waals surface area contributed by atoms with Crippen molar-refractivity contribution in [2.24, 2.45) is 0 Å². The molecule has 1 aromatic carbocycles. The van der Waals surface area contributed by atoms with Crippen LogP contribution in [0.3, 0.4) is 0 Å². The number of pyridine rings is 2. The number of aryl methyl sites for hydroxylation is 1. The minimum atomic E-state index is 0.959. The molecule has 0 aliphatic heterocycles. The Kier molecular flexibility index (Phi) is 2.54. The molecule has 4 aromatic rings. The van der Waals surface area contributed by atoms with Crippen molar-refractivity contribution in [3.8, 4) is 11.3 Å². The summed E-state index contributed by atoms with van der Waals surface area (Å²) in [7, 11) is 0. The van der Waals surface area contributed by atoms with Crippen molar-refractivity contribution in [2.75, 3.05) is 0 Å². The fourth-order valence-electron chi connectivity index (χ4n) is 2.52. The van der Waals surface area contributed by atoms with E-state index in [4.69, 9.17) is 4.98 Å². The molecule has 0 atom stereocenters. The maximum absolute atomic E-state index is 4.83. The first kappa shape index (κ1) is 11.6. The van der Waals surface area contributed by atoms with Gasteiger partial charge in [0.25, 0.3) is 0 Å². The van der Waals surface area contributed by atoms with Gasteiger partial charge in [0.2, 0.25) is 0 Å². The van der Waals surface area contributed by atoms with Crippen molar-refractivity contribution in [3.63, 3.8) is 0 Å². The van der Waals surface area contributed by atoms with Gasteiger partial charge in [0.05, 0.1) is 15.9 Å². The number of aromatic nitrogens is 2. The molecule has 4 rings (SSSR count). The molecule has 0 unspecified atom stereocenters. The van der Waals surface area contributed by atoms with E-state index < -0.39 is 0 Å². The molecule has 0 amide bonds. The third-order valence-electron chi connectivity index (χ3n) is 3.39. The summed E-state index contributed by atoms with van der Waals surface area (Å²) in [6.07, 6.45) is 1.83. The Morgan fingerprint density at radius 1 is 1.00 bits per heavy atom. The van der Waals surface area contributed by atoms with Gasteiger partial charge in [0.15, 0.2) is 0 Å². The Morgan fingerprint density at radius 3 is 2.70 bits per heavy atom. The van der Waals surface area contributed by atoms with Gasteiger partial charge in [-0.1, -0.05) is 30.3 Å². The standard InChI is InChI=1S/C17H12N2S/c1-11-10-13-15(12-6-3-2-4-7-12)19-14-8-5-9-18-16(14)17(13)20-11/h2-10H,1H3. The Balaban J connectivity index is 2.18. The molecule has 0 spiro atoms. The van der Waals surface area contributed by atoms with Crippen LogP contribution in [0.1, 0.15) is 4.88 Å². The molecule has 0 N–H and O–H groups in total. The highest BCUT2D eigenvalue weighted by Gasteiger charge is 2.12. The first-order chi connectivity index (χ1) is 9.83. The lowest BCUT2D eigenvalue weighted by atomic mass is 10.1. The molecule has 2 nitrogen and oxygen atoms in total. The zero-order valence-corrected chi connectivity index (χ0v) is 11.8. The molecule has 20 heavy (non-hydrogen) atoms. The van der Waals surface area contributed by atoms with E-state index >= 15 is 0 Å². The molecule has 3 heterocycles. The lowest BCUT2D eigenvalue weighted by Gasteiger charge is -2.05. The quantitative estimate of drug-likeness (QED) is 0.498. The van der Waals surface area contributed by atoms with Crippen LogP contribution in [-0.2, 0) is 0 Å². The number of hydrogen-bond donors (Lipinski definition) is 0. The highest BCUT2D eigenvalue weighted by atomic mass is 32.1. The summed E-state index contributed by atoms with van der Waals surface area (Å²) in [6, 6.07) is 16.5. The van der Waals surface area contributed by atoms with Gasteiger partial charge in [-0.05, 0) is 25.1 Å². The van der Waals surface area contributed by atoms with Gasteiger partial charge in [-0.2, -0.15) is 0 Å². The molecule has 0 aliphatic rings. The topological polar surface area (TPSA) is 25.8 Å². The minimum absolute atomic E-state index is 0.959. The van der Waals surface area contributed by atoms with Gasteiger partial charge >= 0.3 is 0 Å². The van der Waals surface area contributed by atoms with Crippen molar-refractivity contribution in [3.05, 3.63) is 59.6 Å². The van der Waals surface area contributed by atoms with Gasteiger partial charge in [-0.15, -0.1) is 11.3 Å². The van der Waals surface area contributed by atoms with Crippen LogP contribution in [0.15, 0.2) is 54.7 Å². The number of fused-ring (bicyclic) bond motifs is 3. The molecular formula is C17H12N2S. The first-order valence-electron chi connectivity index (χ1n) is 6.53. The second-order valence-corrected chi connectivity index (χ2v) is 6.05. The Bertz CT molecular complexity index is 910. The summed E-state index contributed by atoms with van der Waals surface area (Å²) in [5.41, 5.74) is 4.16. The largest absolute Gasteiger partial charge is 0.253 e. The summed E-state index contributed by atoms with van der Waals surface area (Å²) >= 11 is 1.79. The number of thiophene rings is 1. The fourth-order valence-corrected chi connectivity index (χ4v) is 3.54. The number of rotatable bonds is 1. The number of nitrogens with zero attached hydrogens (tertiary/aromatic N) is 2. The Hall–Kier alpha value is -2.26. The van der Waals surface area contributed by atoms with Gasteiger partial charge < -0.3 is 0 Å². The van der Waals surface area contributed by atoms with E-state index in [1.54, 1.807) is 11.3 Å². The van der Waals surface area contributed by atoms with E-state index in [9.17, 15) is 0 Å². The maximum atomic E-state index is 4.83. The van der Waals surface area contributed by atoms with Crippen molar-refractivity contribution in [1.82, 2.24) is 9.97 Å². The third kappa shape index (κ3) is 1.71. The minimum Gasteiger partial charge on any atom is -0.253 e. The Morgan fingerprint density at radius 2 is 1.85 bits per heavy atom. The highest BCUT2D eigenvalue weighted by molar-refractivity contribution is 7.20. The van der Waals surface area contributed by atoms with E-state index in [1.807, 2.05) is 24.4 Å². The van der Waals surface area contributed by atoms with Crippen LogP contribution in [0.25, 0.3) is 32.4 Å². The summed E-state index contributed by atoms with van der Waals surface area (Å²) in [5.74, 6) is 0. The third-order valence-corrected chi connectivity index (χ3v) is 4.45. The predicted molar refractivity (Wildman–Crippen MR) is 85.1 cm³/mol. The van der Waals surface area contributed by atoms with Gasteiger partial charge in [0.1, 0.15) is 5.52 Å². The maximum Gasteiger partial charge on any atom is 0.106 e. The summed E-state index contributed by atoms with van der Waals surface area (Å²) < 4.78 is 1.23. The second kappa shape index (κ2) is 4.39. The average molecular weight is 276 g/mol. The first-order valence-corrected chi connectivity index (χ1v) is 7.35. The van der Waals surface area contributed by atoms with Gasteiger partial charge in [0, 0.05) is 22.0 Å². The number of benzene rings is 1. The zero-order chi connectivity index (χ0) is 13.5. The molecule has 0 bridgehead atoms. The molecule has 96 valence electrons. The van der Waals surface area contributed by atoms with Gasteiger partial charge in [-0.25, -0.2) is 4.98 Å². The smallest absolute Gasteiger partial charge is 0.106 e. The van der Waals surface area contributed by atoms with Crippen molar-refractivity contribution in [1.29, 1.82) is 0 Å². The molecule has 3 aromatic heterocycles. The molecule has 0 radical (unpaired) electrons. The van der Waals surface area contributed by atoms with Crippen LogP contribution in [-0.4, -0.2) is 9.97 Å². The lowest BCUT2D eigenvalue weighted by Crippen LogP contribution is -1.88. The highest BCUT2D eigenvalue weighted by Crippen LogP contribution is 2.36. The molecule has 0 aliphatic carbocycles. The van der Waals surface area contributed by atoms with E-state index in [-0.39, 0.29) is 0 Å². The van der Waals surface area contributed by atoms with Crippen LogP contribution in [0, 0.1) is 6.92 Å². The van der Waals surface area contributed by atoms with E-state index in [0.717, 1.165) is 22.3 Å². The SMILES string of the molecule is Cc1cc2c(-c3ccccc3)nc3cccnc3c2s1. The molecular weight excluding hydrogens is 264 g/mol. The zero-order valence-electron chi connectivity index (χ0n) is 11.0. The molecule has 0 fully saturated rings. The van der Waals surface area contributed by atoms with Crippen molar-refractivity contribution in [2.45, 2.75) is 6.92 Å². The predicted octanol–water partition coefficient (Wildman–Crippen LogP) is 4.82. The van der Waals surface area contributed by atoms with Crippen molar-refractivity contribution < 1.29 is 0 Å². The van der Waals surface area contributed by atoms with Crippen LogP contribution in [0.5, 0.6) is 0 Å². The second-order valence-electron chi connectivity index (χ2n) is 4.80. The van der Waals surface area contributed by atoms with Crippen LogP contribution >= 0.6 is 11.3 Å². The summed E-state index contributed by atoms with van der Waals surface area (Å²) in [6.45, 7) is 2.13. The van der Waals surface area contributed by atoms with Crippen molar-refractivity contribution >= 4 is 32.5 Å². The number of hydrogen-bond acceptors (Lipinski definition) is 3. The van der Waals surface area contributed by atoms with E-state index in [2.05, 4.69) is 42.2 Å². The van der Waals surface area contributed by atoms with Crippen LogP contribution in [0.2, 0.25) is 0 Å². The fraction of sp³-hybridized carbons (Fsp3) is 0.0588. The average Bonchev–Trinajstić information content (AvgIpc) is 2.89. The van der Waals surface area contributed by atoms with Crippen LogP contribution in [0.4, 0.5) is 0 Å². The normalized spacial score (nSPS) is 11.2.